The quantitative estimate of drug-likeness (QED) is 0.622. The van der Waals surface area contributed by atoms with Gasteiger partial charge >= 0.3 is 0 Å². The van der Waals surface area contributed by atoms with Gasteiger partial charge in [-0.05, 0) is 11.4 Å². The van der Waals surface area contributed by atoms with Gasteiger partial charge in [-0.25, -0.2) is 0 Å². The molecule has 0 spiro atoms. The predicted octanol–water partition coefficient (Wildman–Crippen LogP) is -0.797. The van der Waals surface area contributed by atoms with E-state index in [0.717, 1.165) is 0 Å². The SMILES string of the molecule is NC(=O)CN(CC(N)=O)CC(=O)c1cccs1. The predicted molar refractivity (Wildman–Crippen MR) is 63.5 cm³/mol. The van der Waals surface area contributed by atoms with E-state index >= 15 is 0 Å². The Balaban J connectivity index is 2.62. The number of hydrogen-bond donors (Lipinski definition) is 2. The molecule has 0 bridgehead atoms. The van der Waals surface area contributed by atoms with Crippen LogP contribution >= 0.6 is 11.3 Å². The second-order valence-corrected chi connectivity index (χ2v) is 4.43. The van der Waals surface area contributed by atoms with Crippen molar-refractivity contribution in [2.24, 2.45) is 11.5 Å². The molecule has 0 fully saturated rings. The Hall–Kier alpha value is -1.73. The van der Waals surface area contributed by atoms with Gasteiger partial charge in [0, 0.05) is 0 Å². The topological polar surface area (TPSA) is 106 Å². The molecule has 1 heterocycles. The highest BCUT2D eigenvalue weighted by Crippen LogP contribution is 2.09. The third kappa shape index (κ3) is 4.75. The maximum atomic E-state index is 11.7. The molecule has 0 saturated heterocycles. The first-order chi connectivity index (χ1) is 7.99. The fourth-order valence-corrected chi connectivity index (χ4v) is 1.98. The summed E-state index contributed by atoms with van der Waals surface area (Å²) in [5, 5.41) is 1.78. The number of nitrogens with two attached hydrogens (primary N) is 2. The van der Waals surface area contributed by atoms with E-state index in [-0.39, 0.29) is 25.4 Å². The van der Waals surface area contributed by atoms with Crippen LogP contribution in [0.5, 0.6) is 0 Å². The number of nitrogens with zero attached hydrogens (tertiary/aromatic N) is 1. The summed E-state index contributed by atoms with van der Waals surface area (Å²) < 4.78 is 0. The molecule has 6 nitrogen and oxygen atoms in total. The lowest BCUT2D eigenvalue weighted by atomic mass is 10.3. The Labute approximate surface area is 102 Å². The summed E-state index contributed by atoms with van der Waals surface area (Å²) in [6.45, 7) is -0.382. The van der Waals surface area contributed by atoms with E-state index in [9.17, 15) is 14.4 Å². The van der Waals surface area contributed by atoms with E-state index < -0.39 is 11.8 Å². The molecular weight excluding hydrogens is 242 g/mol. The maximum Gasteiger partial charge on any atom is 0.231 e. The van der Waals surface area contributed by atoms with Crippen LogP contribution in [-0.4, -0.2) is 42.1 Å². The molecule has 92 valence electrons. The zero-order chi connectivity index (χ0) is 12.8. The van der Waals surface area contributed by atoms with Crippen LogP contribution in [-0.2, 0) is 9.59 Å². The Morgan fingerprint density at radius 2 is 1.71 bits per heavy atom. The molecule has 0 aliphatic heterocycles. The number of primary amides is 2. The first-order valence-electron chi connectivity index (χ1n) is 4.84. The van der Waals surface area contributed by atoms with Gasteiger partial charge in [-0.1, -0.05) is 6.07 Å². The van der Waals surface area contributed by atoms with Gasteiger partial charge in [-0.15, -0.1) is 11.3 Å². The van der Waals surface area contributed by atoms with Gasteiger partial charge in [0.25, 0.3) is 0 Å². The molecule has 0 atom stereocenters. The van der Waals surface area contributed by atoms with Crippen molar-refractivity contribution >= 4 is 28.9 Å². The van der Waals surface area contributed by atoms with Gasteiger partial charge in [-0.2, -0.15) is 0 Å². The Bertz CT molecular complexity index is 400. The van der Waals surface area contributed by atoms with Crippen molar-refractivity contribution in [3.05, 3.63) is 22.4 Å². The van der Waals surface area contributed by atoms with Crippen molar-refractivity contribution < 1.29 is 14.4 Å². The molecular formula is C10H13N3O3S. The number of carbonyl (C=O) groups excluding carboxylic acids is 3. The standard InChI is InChI=1S/C10H13N3O3S/c11-9(15)5-13(6-10(12)16)4-7(14)8-2-1-3-17-8/h1-3H,4-6H2,(H2,11,15)(H2,12,16). The molecule has 0 unspecified atom stereocenters. The molecule has 0 aliphatic carbocycles. The first kappa shape index (κ1) is 13.3. The molecule has 1 rings (SSSR count). The highest BCUT2D eigenvalue weighted by Gasteiger charge is 2.16. The largest absolute Gasteiger partial charge is 0.369 e. The van der Waals surface area contributed by atoms with E-state index in [2.05, 4.69) is 0 Å². The Kier molecular flexibility index (Phi) is 4.80. The fourth-order valence-electron chi connectivity index (χ4n) is 1.33. The van der Waals surface area contributed by atoms with Crippen LogP contribution in [0.3, 0.4) is 0 Å². The van der Waals surface area contributed by atoms with Gasteiger partial charge in [0.05, 0.1) is 24.5 Å². The summed E-state index contributed by atoms with van der Waals surface area (Å²) >= 11 is 1.30. The lowest BCUT2D eigenvalue weighted by Crippen LogP contribution is -2.42. The molecule has 0 aliphatic rings. The normalized spacial score (nSPS) is 10.4. The minimum atomic E-state index is -0.606. The lowest BCUT2D eigenvalue weighted by Gasteiger charge is -2.17. The zero-order valence-corrected chi connectivity index (χ0v) is 9.90. The summed E-state index contributed by atoms with van der Waals surface area (Å²) in [5.41, 5.74) is 10.0. The minimum Gasteiger partial charge on any atom is -0.369 e. The third-order valence-electron chi connectivity index (χ3n) is 1.92. The Morgan fingerprint density at radius 1 is 1.12 bits per heavy atom. The fraction of sp³-hybridized carbons (Fsp3) is 0.300. The van der Waals surface area contributed by atoms with E-state index in [1.807, 2.05) is 0 Å². The monoisotopic (exact) mass is 255 g/mol. The van der Waals surface area contributed by atoms with Crippen LogP contribution in [0.2, 0.25) is 0 Å². The molecule has 2 amide bonds. The van der Waals surface area contributed by atoms with Crippen molar-refractivity contribution in [3.8, 4) is 0 Å². The number of hydrogen-bond acceptors (Lipinski definition) is 5. The van der Waals surface area contributed by atoms with E-state index in [1.165, 1.54) is 16.2 Å². The summed E-state index contributed by atoms with van der Waals surface area (Å²) in [5.74, 6) is -1.38. The van der Waals surface area contributed by atoms with Crippen molar-refractivity contribution in [1.29, 1.82) is 0 Å². The van der Waals surface area contributed by atoms with Crippen LogP contribution in [0.4, 0.5) is 0 Å². The van der Waals surface area contributed by atoms with Gasteiger partial charge in [-0.3, -0.25) is 19.3 Å². The molecule has 0 aromatic carbocycles. The maximum absolute atomic E-state index is 11.7. The van der Waals surface area contributed by atoms with Crippen LogP contribution in [0.25, 0.3) is 0 Å². The van der Waals surface area contributed by atoms with Crippen molar-refractivity contribution in [3.63, 3.8) is 0 Å². The number of rotatable bonds is 7. The van der Waals surface area contributed by atoms with Crippen LogP contribution in [0.15, 0.2) is 17.5 Å². The molecule has 7 heteroatoms. The molecule has 1 aromatic rings. The molecule has 17 heavy (non-hydrogen) atoms. The van der Waals surface area contributed by atoms with E-state index in [4.69, 9.17) is 11.5 Å². The van der Waals surface area contributed by atoms with Crippen molar-refractivity contribution in [1.82, 2.24) is 4.90 Å². The average Bonchev–Trinajstić information content (AvgIpc) is 2.67. The number of carbonyl (C=O) groups is 3. The highest BCUT2D eigenvalue weighted by atomic mass is 32.1. The number of amides is 2. The Morgan fingerprint density at radius 3 is 2.12 bits per heavy atom. The molecule has 1 aromatic heterocycles. The van der Waals surface area contributed by atoms with E-state index in [0.29, 0.717) is 4.88 Å². The zero-order valence-electron chi connectivity index (χ0n) is 9.09. The van der Waals surface area contributed by atoms with Crippen LogP contribution < -0.4 is 11.5 Å². The smallest absolute Gasteiger partial charge is 0.231 e. The van der Waals surface area contributed by atoms with Gasteiger partial charge in [0.1, 0.15) is 0 Å². The van der Waals surface area contributed by atoms with Gasteiger partial charge in [0.2, 0.25) is 11.8 Å². The van der Waals surface area contributed by atoms with Crippen LogP contribution in [0, 0.1) is 0 Å². The highest BCUT2D eigenvalue weighted by molar-refractivity contribution is 7.12. The molecule has 4 N–H and O–H groups in total. The first-order valence-corrected chi connectivity index (χ1v) is 5.72. The van der Waals surface area contributed by atoms with Crippen molar-refractivity contribution in [2.45, 2.75) is 0 Å². The summed E-state index contributed by atoms with van der Waals surface area (Å²) in [4.78, 5) is 35.2. The second kappa shape index (κ2) is 6.12. The molecule has 0 radical (unpaired) electrons. The summed E-state index contributed by atoms with van der Waals surface area (Å²) in [6.07, 6.45) is 0. The minimum absolute atomic E-state index is 0.0492. The lowest BCUT2D eigenvalue weighted by molar-refractivity contribution is -0.121. The average molecular weight is 255 g/mol. The molecule has 0 saturated carbocycles. The number of thiophene rings is 1. The van der Waals surface area contributed by atoms with Gasteiger partial charge in [0.15, 0.2) is 5.78 Å². The number of Topliss-reactive ketones (excluding diaryl/α,β-unsaturated/α-hetero) is 1. The van der Waals surface area contributed by atoms with E-state index in [1.54, 1.807) is 17.5 Å². The third-order valence-corrected chi connectivity index (χ3v) is 2.83. The second-order valence-electron chi connectivity index (χ2n) is 3.48. The van der Waals surface area contributed by atoms with Crippen molar-refractivity contribution in [2.75, 3.05) is 19.6 Å². The summed E-state index contributed by atoms with van der Waals surface area (Å²) in [7, 11) is 0. The number of ketones is 1. The van der Waals surface area contributed by atoms with Crippen LogP contribution in [0.1, 0.15) is 9.67 Å². The van der Waals surface area contributed by atoms with Gasteiger partial charge < -0.3 is 11.5 Å². The summed E-state index contributed by atoms with van der Waals surface area (Å²) in [6, 6.07) is 3.43.